The molecule has 2 amide bonds. The third kappa shape index (κ3) is 2.56. The van der Waals surface area contributed by atoms with Gasteiger partial charge >= 0.3 is 0 Å². The average molecular weight is 425 g/mol. The lowest BCUT2D eigenvalue weighted by atomic mass is 9.89. The molecule has 2 aromatic carbocycles. The number of aromatic nitrogens is 2. The minimum atomic E-state index is -0.361. The molecule has 6 heteroatoms. The minimum absolute atomic E-state index is 0.112. The third-order valence-corrected chi connectivity index (χ3v) is 6.93. The van der Waals surface area contributed by atoms with Gasteiger partial charge in [0.15, 0.2) is 0 Å². The van der Waals surface area contributed by atoms with Crippen LogP contribution in [0.3, 0.4) is 0 Å². The van der Waals surface area contributed by atoms with Crippen molar-refractivity contribution in [3.63, 3.8) is 0 Å². The van der Waals surface area contributed by atoms with Crippen LogP contribution in [0.25, 0.3) is 33.0 Å². The van der Waals surface area contributed by atoms with Gasteiger partial charge in [0.05, 0.1) is 11.1 Å². The number of amides is 2. The maximum Gasteiger partial charge on any atom is 0.259 e. The fourth-order valence-electron chi connectivity index (χ4n) is 5.44. The second-order valence-electron chi connectivity index (χ2n) is 8.74. The molecule has 1 unspecified atom stereocenters. The van der Waals surface area contributed by atoms with Crippen molar-refractivity contribution in [1.29, 1.82) is 0 Å². The highest BCUT2D eigenvalue weighted by Gasteiger charge is 2.38. The van der Waals surface area contributed by atoms with Crippen LogP contribution in [0.2, 0.25) is 0 Å². The maximum atomic E-state index is 13.2. The number of carbonyl (C=O) groups is 2. The number of para-hydroxylation sites is 2. The van der Waals surface area contributed by atoms with Crippen LogP contribution in [-0.4, -0.2) is 32.7 Å². The van der Waals surface area contributed by atoms with Crippen molar-refractivity contribution in [3.8, 4) is 0 Å². The molecular formula is C26H23N3O3. The number of nitrogens with zero attached hydrogens (tertiary/aromatic N) is 2. The highest BCUT2D eigenvalue weighted by atomic mass is 16.3. The summed E-state index contributed by atoms with van der Waals surface area (Å²) < 4.78 is 4.24. The largest absolute Gasteiger partial charge is 0.396 e. The molecule has 0 saturated heterocycles. The molecule has 2 aliphatic heterocycles. The van der Waals surface area contributed by atoms with E-state index in [0.29, 0.717) is 17.6 Å². The molecule has 6 rings (SSSR count). The summed E-state index contributed by atoms with van der Waals surface area (Å²) in [6, 6.07) is 16.0. The normalized spacial score (nSPS) is 18.6. The van der Waals surface area contributed by atoms with Crippen LogP contribution in [0.15, 0.2) is 54.7 Å². The predicted octanol–water partition coefficient (Wildman–Crippen LogP) is 3.25. The SMILES string of the molecule is Cn1cc(C2=C(c3c4n(c5ccccc35)CCC(CO)C4)C(=O)NC2=O)c2ccccc21. The number of benzene rings is 2. The fourth-order valence-corrected chi connectivity index (χ4v) is 5.44. The van der Waals surface area contributed by atoms with E-state index in [1.54, 1.807) is 0 Å². The predicted molar refractivity (Wildman–Crippen MR) is 124 cm³/mol. The van der Waals surface area contributed by atoms with E-state index < -0.39 is 0 Å². The highest BCUT2D eigenvalue weighted by molar-refractivity contribution is 6.51. The lowest BCUT2D eigenvalue weighted by Crippen LogP contribution is -2.24. The van der Waals surface area contributed by atoms with Gasteiger partial charge in [0.1, 0.15) is 0 Å². The number of aliphatic hydroxyl groups excluding tert-OH is 1. The molecule has 0 aliphatic carbocycles. The summed E-state index contributed by atoms with van der Waals surface area (Å²) in [7, 11) is 1.95. The van der Waals surface area contributed by atoms with Crippen LogP contribution in [0.1, 0.15) is 23.2 Å². The summed E-state index contributed by atoms with van der Waals surface area (Å²) in [5.41, 5.74) is 5.54. The number of carbonyl (C=O) groups excluding carboxylic acids is 2. The van der Waals surface area contributed by atoms with Gasteiger partial charge in [0.25, 0.3) is 11.8 Å². The van der Waals surface area contributed by atoms with E-state index >= 15 is 0 Å². The van der Waals surface area contributed by atoms with Gasteiger partial charge in [-0.1, -0.05) is 36.4 Å². The number of aliphatic hydroxyl groups is 1. The van der Waals surface area contributed by atoms with Crippen molar-refractivity contribution >= 4 is 44.8 Å². The maximum absolute atomic E-state index is 13.2. The highest BCUT2D eigenvalue weighted by Crippen LogP contribution is 2.42. The van der Waals surface area contributed by atoms with E-state index in [4.69, 9.17) is 0 Å². The van der Waals surface area contributed by atoms with E-state index in [-0.39, 0.29) is 24.3 Å². The van der Waals surface area contributed by atoms with Crippen LogP contribution in [0.4, 0.5) is 0 Å². The third-order valence-electron chi connectivity index (χ3n) is 6.93. The molecule has 4 heterocycles. The molecule has 4 aromatic rings. The number of rotatable bonds is 3. The Kier molecular flexibility index (Phi) is 4.13. The quantitative estimate of drug-likeness (QED) is 0.495. The number of aryl methyl sites for hydroxylation is 2. The van der Waals surface area contributed by atoms with Crippen molar-refractivity contribution in [3.05, 3.63) is 71.5 Å². The van der Waals surface area contributed by atoms with E-state index in [2.05, 4.69) is 16.0 Å². The average Bonchev–Trinajstić information content (AvgIpc) is 3.41. The Balaban J connectivity index is 1.71. The second-order valence-corrected chi connectivity index (χ2v) is 8.74. The Morgan fingerprint density at radius 3 is 2.44 bits per heavy atom. The van der Waals surface area contributed by atoms with Crippen molar-refractivity contribution in [2.45, 2.75) is 19.4 Å². The van der Waals surface area contributed by atoms with Crippen LogP contribution in [-0.2, 0) is 29.6 Å². The van der Waals surface area contributed by atoms with Crippen molar-refractivity contribution in [2.75, 3.05) is 6.61 Å². The van der Waals surface area contributed by atoms with E-state index in [1.165, 1.54) is 0 Å². The molecule has 6 nitrogen and oxygen atoms in total. The molecule has 0 bridgehead atoms. The van der Waals surface area contributed by atoms with Gasteiger partial charge in [-0.05, 0) is 30.9 Å². The van der Waals surface area contributed by atoms with E-state index in [0.717, 1.165) is 51.6 Å². The molecular weight excluding hydrogens is 402 g/mol. The van der Waals surface area contributed by atoms with Gasteiger partial charge in [-0.15, -0.1) is 0 Å². The number of hydrogen-bond acceptors (Lipinski definition) is 3. The van der Waals surface area contributed by atoms with Gasteiger partial charge in [-0.3, -0.25) is 14.9 Å². The lowest BCUT2D eigenvalue weighted by Gasteiger charge is -2.24. The van der Waals surface area contributed by atoms with E-state index in [1.807, 2.05) is 60.3 Å². The summed E-state index contributed by atoms with van der Waals surface area (Å²) in [5, 5.41) is 14.3. The first kappa shape index (κ1) is 19.1. The van der Waals surface area contributed by atoms with Crippen molar-refractivity contribution < 1.29 is 14.7 Å². The molecule has 0 fully saturated rings. The first-order valence-corrected chi connectivity index (χ1v) is 10.9. The summed E-state index contributed by atoms with van der Waals surface area (Å²) >= 11 is 0. The van der Waals surface area contributed by atoms with Gasteiger partial charge in [0, 0.05) is 65.0 Å². The Hall–Kier alpha value is -3.64. The molecule has 2 aromatic heterocycles. The number of nitrogens with one attached hydrogen (secondary N) is 1. The number of fused-ring (bicyclic) bond motifs is 4. The molecule has 2 N–H and O–H groups in total. The molecule has 160 valence electrons. The van der Waals surface area contributed by atoms with Gasteiger partial charge in [-0.2, -0.15) is 0 Å². The first-order valence-electron chi connectivity index (χ1n) is 10.9. The second kappa shape index (κ2) is 6.93. The van der Waals surface area contributed by atoms with Crippen LogP contribution >= 0.6 is 0 Å². The smallest absolute Gasteiger partial charge is 0.259 e. The molecule has 32 heavy (non-hydrogen) atoms. The lowest BCUT2D eigenvalue weighted by molar-refractivity contribution is -0.122. The first-order chi connectivity index (χ1) is 15.6. The Bertz CT molecular complexity index is 1470. The summed E-state index contributed by atoms with van der Waals surface area (Å²) in [5.74, 6) is -0.574. The summed E-state index contributed by atoms with van der Waals surface area (Å²) in [4.78, 5) is 26.4. The molecule has 1 atom stereocenters. The van der Waals surface area contributed by atoms with Gasteiger partial charge in [-0.25, -0.2) is 0 Å². The van der Waals surface area contributed by atoms with Gasteiger partial charge < -0.3 is 14.2 Å². The topological polar surface area (TPSA) is 76.3 Å². The fraction of sp³-hybridized carbons (Fsp3) is 0.231. The van der Waals surface area contributed by atoms with Crippen LogP contribution in [0, 0.1) is 5.92 Å². The minimum Gasteiger partial charge on any atom is -0.396 e. The zero-order valence-electron chi connectivity index (χ0n) is 17.8. The Morgan fingerprint density at radius 1 is 0.969 bits per heavy atom. The van der Waals surface area contributed by atoms with Crippen LogP contribution < -0.4 is 5.32 Å². The van der Waals surface area contributed by atoms with Crippen LogP contribution in [0.5, 0.6) is 0 Å². The molecule has 2 aliphatic rings. The number of hydrogen-bond donors (Lipinski definition) is 2. The van der Waals surface area contributed by atoms with Gasteiger partial charge in [0.2, 0.25) is 0 Å². The molecule has 0 spiro atoms. The summed E-state index contributed by atoms with van der Waals surface area (Å²) in [6.45, 7) is 0.898. The van der Waals surface area contributed by atoms with Crippen molar-refractivity contribution in [2.24, 2.45) is 13.0 Å². The monoisotopic (exact) mass is 425 g/mol. The van der Waals surface area contributed by atoms with Crippen molar-refractivity contribution in [1.82, 2.24) is 14.5 Å². The Morgan fingerprint density at radius 2 is 1.66 bits per heavy atom. The molecule has 0 saturated carbocycles. The Labute approximate surface area is 184 Å². The zero-order chi connectivity index (χ0) is 22.0. The van der Waals surface area contributed by atoms with E-state index in [9.17, 15) is 14.7 Å². The zero-order valence-corrected chi connectivity index (χ0v) is 17.8. The standard InChI is InChI=1S/C26H23N3O3/c1-28-13-18(16-6-2-4-8-19(16)28)23-24(26(32)27-25(23)31)22-17-7-3-5-9-20(17)29-11-10-15(14-30)12-21(22)29/h2-9,13,15,30H,10-12,14H2,1H3,(H,27,31,32). The molecule has 0 radical (unpaired) electrons. The summed E-state index contributed by atoms with van der Waals surface area (Å²) in [6.07, 6.45) is 3.50. The number of imide groups is 1.